The molecule has 3 N–H and O–H groups in total. The van der Waals surface area contributed by atoms with Crippen LogP contribution < -0.4 is 0 Å². The van der Waals surface area contributed by atoms with Crippen molar-refractivity contribution < 1.29 is 28.0 Å². The number of hydrogen-bond acceptors (Lipinski definition) is 4. The fourth-order valence-corrected chi connectivity index (χ4v) is 2.17. The van der Waals surface area contributed by atoms with Crippen molar-refractivity contribution >= 4 is 32.0 Å². The van der Waals surface area contributed by atoms with E-state index in [1.165, 1.54) is 0 Å². The molecule has 0 radical (unpaired) electrons. The van der Waals surface area contributed by atoms with E-state index in [9.17, 15) is 18.3 Å². The number of benzene rings is 1. The lowest BCUT2D eigenvalue weighted by molar-refractivity contribution is 0.0693. The predicted octanol–water partition coefficient (Wildman–Crippen LogP) is 1.10. The van der Waals surface area contributed by atoms with Crippen LogP contribution in [0.15, 0.2) is 21.5 Å². The summed E-state index contributed by atoms with van der Waals surface area (Å²) < 4.78 is 30.3. The molecular formula is C7H5BrO6S. The topological polar surface area (TPSA) is 112 Å². The molecule has 82 valence electrons. The summed E-state index contributed by atoms with van der Waals surface area (Å²) in [5, 5.41) is 17.9. The summed E-state index contributed by atoms with van der Waals surface area (Å²) in [6.45, 7) is 0. The lowest BCUT2D eigenvalue weighted by atomic mass is 10.2. The summed E-state index contributed by atoms with van der Waals surface area (Å²) in [4.78, 5) is 9.74. The molecule has 1 rings (SSSR count). The second kappa shape index (κ2) is 3.80. The number of aromatic hydroxyl groups is 1. The van der Waals surface area contributed by atoms with Gasteiger partial charge in [0.1, 0.15) is 10.5 Å². The number of rotatable bonds is 2. The summed E-state index contributed by atoms with van der Waals surface area (Å²) in [5.41, 5.74) is -0.614. The van der Waals surface area contributed by atoms with E-state index >= 15 is 0 Å². The molecule has 0 aromatic heterocycles. The smallest absolute Gasteiger partial charge is 0.339 e. The van der Waals surface area contributed by atoms with Gasteiger partial charge in [0.2, 0.25) is 0 Å². The minimum Gasteiger partial charge on any atom is -0.506 e. The van der Waals surface area contributed by atoms with Gasteiger partial charge < -0.3 is 10.2 Å². The molecule has 0 aliphatic rings. The van der Waals surface area contributed by atoms with Crippen LogP contribution in [0.5, 0.6) is 5.75 Å². The first-order chi connectivity index (χ1) is 6.73. The van der Waals surface area contributed by atoms with E-state index < -0.39 is 32.3 Å². The van der Waals surface area contributed by atoms with Crippen LogP contribution in [0.4, 0.5) is 0 Å². The first-order valence-corrected chi connectivity index (χ1v) is 5.70. The molecule has 0 bridgehead atoms. The van der Waals surface area contributed by atoms with Gasteiger partial charge in [0.15, 0.2) is 5.75 Å². The maximum Gasteiger partial charge on any atom is 0.339 e. The Morgan fingerprint density at radius 1 is 1.33 bits per heavy atom. The summed E-state index contributed by atoms with van der Waals surface area (Å²) in [7, 11) is -4.66. The Balaban J connectivity index is 3.63. The van der Waals surface area contributed by atoms with Crippen LogP contribution in [0.25, 0.3) is 0 Å². The summed E-state index contributed by atoms with van der Waals surface area (Å²) in [6, 6.07) is 1.92. The van der Waals surface area contributed by atoms with Gasteiger partial charge in [0.05, 0.1) is 0 Å². The molecule has 0 amide bonds. The Hall–Kier alpha value is -1.12. The fourth-order valence-electron chi connectivity index (χ4n) is 0.934. The SMILES string of the molecule is O=C(O)c1cc(Br)cc(S(=O)(=O)O)c1O. The minimum absolute atomic E-state index is 0.116. The lowest BCUT2D eigenvalue weighted by Crippen LogP contribution is -2.04. The monoisotopic (exact) mass is 296 g/mol. The molecule has 15 heavy (non-hydrogen) atoms. The van der Waals surface area contributed by atoms with Gasteiger partial charge in [-0.1, -0.05) is 15.9 Å². The number of hydrogen-bond donors (Lipinski definition) is 3. The molecule has 0 aliphatic heterocycles. The highest BCUT2D eigenvalue weighted by Gasteiger charge is 2.22. The lowest BCUT2D eigenvalue weighted by Gasteiger charge is -2.05. The Bertz CT molecular complexity index is 521. The zero-order valence-corrected chi connectivity index (χ0v) is 9.41. The van der Waals surface area contributed by atoms with E-state index in [1.54, 1.807) is 0 Å². The number of carboxylic acids is 1. The molecule has 0 unspecified atom stereocenters. The van der Waals surface area contributed by atoms with Crippen molar-refractivity contribution in [2.24, 2.45) is 0 Å². The van der Waals surface area contributed by atoms with Gasteiger partial charge in [-0.2, -0.15) is 8.42 Å². The van der Waals surface area contributed by atoms with Crippen LogP contribution in [0.1, 0.15) is 10.4 Å². The molecule has 0 saturated carbocycles. The van der Waals surface area contributed by atoms with Gasteiger partial charge in [-0.25, -0.2) is 4.79 Å². The number of aromatic carboxylic acids is 1. The zero-order valence-electron chi connectivity index (χ0n) is 7.01. The second-order valence-electron chi connectivity index (χ2n) is 2.58. The summed E-state index contributed by atoms with van der Waals surface area (Å²) >= 11 is 2.86. The maximum atomic E-state index is 10.8. The zero-order chi connectivity index (χ0) is 11.8. The van der Waals surface area contributed by atoms with Crippen molar-refractivity contribution in [2.45, 2.75) is 4.90 Å². The molecule has 8 heteroatoms. The van der Waals surface area contributed by atoms with E-state index in [2.05, 4.69) is 15.9 Å². The van der Waals surface area contributed by atoms with Crippen LogP contribution in [0, 0.1) is 0 Å². The Morgan fingerprint density at radius 2 is 1.87 bits per heavy atom. The third-order valence-electron chi connectivity index (χ3n) is 1.55. The van der Waals surface area contributed by atoms with Gasteiger partial charge in [-0.05, 0) is 12.1 Å². The average Bonchev–Trinajstić information content (AvgIpc) is 2.06. The van der Waals surface area contributed by atoms with Crippen LogP contribution in [-0.2, 0) is 10.1 Å². The van der Waals surface area contributed by atoms with E-state index in [-0.39, 0.29) is 4.47 Å². The standard InChI is InChI=1S/C7H5BrO6S/c8-3-1-4(7(10)11)6(9)5(2-3)15(12,13)14/h1-2,9H,(H,10,11)(H,12,13,14). The predicted molar refractivity (Wildman–Crippen MR) is 52.6 cm³/mol. The van der Waals surface area contributed by atoms with E-state index in [0.717, 1.165) is 12.1 Å². The Labute approximate surface area is 93.0 Å². The van der Waals surface area contributed by atoms with Crippen LogP contribution in [0.3, 0.4) is 0 Å². The van der Waals surface area contributed by atoms with Crippen molar-refractivity contribution in [1.29, 1.82) is 0 Å². The van der Waals surface area contributed by atoms with Gasteiger partial charge in [-0.3, -0.25) is 4.55 Å². The van der Waals surface area contributed by atoms with E-state index in [1.807, 2.05) is 0 Å². The number of carboxylic acid groups (broad SMARTS) is 1. The van der Waals surface area contributed by atoms with Gasteiger partial charge in [-0.15, -0.1) is 0 Å². The van der Waals surface area contributed by atoms with Crippen molar-refractivity contribution in [3.8, 4) is 5.75 Å². The molecule has 0 aliphatic carbocycles. The maximum absolute atomic E-state index is 10.8. The van der Waals surface area contributed by atoms with Crippen molar-refractivity contribution in [3.05, 3.63) is 22.2 Å². The first kappa shape index (κ1) is 12.0. The molecule has 0 heterocycles. The van der Waals surface area contributed by atoms with Crippen LogP contribution in [-0.4, -0.2) is 29.2 Å². The number of phenols is 1. The fraction of sp³-hybridized carbons (Fsp3) is 0. The van der Waals surface area contributed by atoms with Crippen molar-refractivity contribution in [2.75, 3.05) is 0 Å². The normalized spacial score (nSPS) is 11.3. The summed E-state index contributed by atoms with van der Waals surface area (Å²) in [5.74, 6) is -2.49. The Morgan fingerprint density at radius 3 is 2.27 bits per heavy atom. The van der Waals surface area contributed by atoms with E-state index in [4.69, 9.17) is 9.66 Å². The minimum atomic E-state index is -4.66. The second-order valence-corrected chi connectivity index (χ2v) is 4.89. The summed E-state index contributed by atoms with van der Waals surface area (Å²) in [6.07, 6.45) is 0. The van der Waals surface area contributed by atoms with Crippen molar-refractivity contribution in [3.63, 3.8) is 0 Å². The molecule has 0 fully saturated rings. The quantitative estimate of drug-likeness (QED) is 0.705. The van der Waals surface area contributed by atoms with Gasteiger partial charge in [0.25, 0.3) is 10.1 Å². The third kappa shape index (κ3) is 2.46. The largest absolute Gasteiger partial charge is 0.506 e. The van der Waals surface area contributed by atoms with E-state index in [0.29, 0.717) is 0 Å². The highest BCUT2D eigenvalue weighted by atomic mass is 79.9. The van der Waals surface area contributed by atoms with Gasteiger partial charge in [0, 0.05) is 4.47 Å². The Kier molecular flexibility index (Phi) is 3.03. The van der Waals surface area contributed by atoms with Crippen molar-refractivity contribution in [1.82, 2.24) is 0 Å². The third-order valence-corrected chi connectivity index (χ3v) is 2.87. The molecular weight excluding hydrogens is 292 g/mol. The molecule has 1 aromatic carbocycles. The molecule has 0 atom stereocenters. The highest BCUT2D eigenvalue weighted by molar-refractivity contribution is 9.10. The van der Waals surface area contributed by atoms with Crippen LogP contribution in [0.2, 0.25) is 0 Å². The number of carbonyl (C=O) groups is 1. The molecule has 1 aromatic rings. The molecule has 0 saturated heterocycles. The number of halogens is 1. The highest BCUT2D eigenvalue weighted by Crippen LogP contribution is 2.30. The molecule has 0 spiro atoms. The molecule has 6 nitrogen and oxygen atoms in total. The van der Waals surface area contributed by atoms with Crippen LogP contribution >= 0.6 is 15.9 Å². The first-order valence-electron chi connectivity index (χ1n) is 3.47. The van der Waals surface area contributed by atoms with Gasteiger partial charge >= 0.3 is 5.97 Å². The average molecular weight is 297 g/mol.